The van der Waals surface area contributed by atoms with Gasteiger partial charge in [0.05, 0.1) is 5.56 Å². The van der Waals surface area contributed by atoms with Crippen LogP contribution in [0.3, 0.4) is 0 Å². The molecule has 0 saturated heterocycles. The van der Waals surface area contributed by atoms with E-state index in [1.807, 2.05) is 0 Å². The topological polar surface area (TPSA) is 186 Å². The summed E-state index contributed by atoms with van der Waals surface area (Å²) in [5, 5.41) is 15.9. The Kier molecular flexibility index (Phi) is 5.63. The second kappa shape index (κ2) is 7.46. The van der Waals surface area contributed by atoms with Gasteiger partial charge in [-0.2, -0.15) is 13.2 Å². The molecular weight excluding hydrogens is 399 g/mol. The second-order valence-electron chi connectivity index (χ2n) is 5.52. The van der Waals surface area contributed by atoms with E-state index in [2.05, 4.69) is 5.10 Å². The van der Waals surface area contributed by atoms with Crippen molar-refractivity contribution in [2.24, 2.45) is 27.6 Å². The summed E-state index contributed by atoms with van der Waals surface area (Å²) in [6, 6.07) is 7.35. The van der Waals surface area contributed by atoms with Crippen LogP contribution >= 0.6 is 0 Å². The number of hydrogen-bond donors (Lipinski definition) is 6. The zero-order chi connectivity index (χ0) is 21.3. The Morgan fingerprint density at radius 2 is 1.64 bits per heavy atom. The predicted octanol–water partition coefficient (Wildman–Crippen LogP) is 0.387. The van der Waals surface area contributed by atoms with E-state index in [0.29, 0.717) is 11.6 Å². The molecule has 13 heteroatoms. The molecule has 0 spiro atoms. The van der Waals surface area contributed by atoms with Crippen molar-refractivity contribution in [1.29, 1.82) is 5.41 Å². The summed E-state index contributed by atoms with van der Waals surface area (Å²) >= 11 is 0. The summed E-state index contributed by atoms with van der Waals surface area (Å²) in [5.41, 5.74) is 11.5. The lowest BCUT2D eigenvalue weighted by Crippen LogP contribution is -2.29. The number of hydrazone groups is 1. The van der Waals surface area contributed by atoms with Gasteiger partial charge in [0.15, 0.2) is 5.84 Å². The van der Waals surface area contributed by atoms with Gasteiger partial charge in [-0.25, -0.2) is 24.9 Å². The molecule has 0 atom stereocenters. The van der Waals surface area contributed by atoms with Gasteiger partial charge in [-0.05, 0) is 17.2 Å². The van der Waals surface area contributed by atoms with Crippen molar-refractivity contribution in [2.45, 2.75) is 11.1 Å². The van der Waals surface area contributed by atoms with E-state index in [1.54, 1.807) is 5.53 Å². The fraction of sp³-hybridized carbons (Fsp3) is 0.0667. The molecule has 0 aliphatic carbocycles. The molecule has 0 unspecified atom stereocenters. The molecule has 0 saturated carbocycles. The molecule has 2 aromatic rings. The average Bonchev–Trinajstić information content (AvgIpc) is 2.59. The van der Waals surface area contributed by atoms with E-state index in [4.69, 9.17) is 27.9 Å². The maximum absolute atomic E-state index is 13.4. The smallest absolute Gasteiger partial charge is 0.384 e. The Labute approximate surface area is 157 Å². The molecular formula is C15H16F3N7O2S. The lowest BCUT2D eigenvalue weighted by molar-refractivity contribution is -0.139. The lowest BCUT2D eigenvalue weighted by atomic mass is 9.95. The normalized spacial score (nSPS) is 12.7. The first-order chi connectivity index (χ1) is 12.9. The SMILES string of the molecule is N=C(N)c1ccc(-c2ccc(C(F)(F)F)c(S(N)(=O)=O)c2/C(N)=N/NN)cc1. The van der Waals surface area contributed by atoms with Crippen molar-refractivity contribution >= 4 is 21.7 Å². The van der Waals surface area contributed by atoms with Gasteiger partial charge in [0.25, 0.3) is 0 Å². The highest BCUT2D eigenvalue weighted by atomic mass is 32.2. The summed E-state index contributed by atoms with van der Waals surface area (Å²) in [4.78, 5) is -1.23. The maximum atomic E-state index is 13.4. The number of hydrazine groups is 1. The van der Waals surface area contributed by atoms with Crippen LogP contribution < -0.4 is 28.0 Å². The number of primary sulfonamides is 1. The Balaban J connectivity index is 2.94. The standard InChI is InChI=1S/C15H16F3N7O2S/c16-15(17,18)10-6-5-9(7-1-3-8(4-2-7)13(19)20)11(14(21)24-25-22)12(10)28(23,26)27/h1-6,25H,22H2,(H3,19,20)(H2,21,24)(H2,23,26,27). The number of amidine groups is 2. The molecule has 0 amide bonds. The number of nitrogens with one attached hydrogen (secondary N) is 2. The number of nitrogens with zero attached hydrogens (tertiary/aromatic N) is 1. The third-order valence-corrected chi connectivity index (χ3v) is 4.69. The number of sulfonamides is 1. The van der Waals surface area contributed by atoms with Crippen LogP contribution in [0.1, 0.15) is 16.7 Å². The zero-order valence-electron chi connectivity index (χ0n) is 14.1. The number of nitrogen functional groups attached to an aromatic ring is 1. The van der Waals surface area contributed by atoms with Gasteiger partial charge in [0.2, 0.25) is 10.0 Å². The molecule has 0 radical (unpaired) electrons. The summed E-state index contributed by atoms with van der Waals surface area (Å²) in [5.74, 6) is 4.19. The Bertz CT molecular complexity index is 1050. The van der Waals surface area contributed by atoms with Crippen LogP contribution in [0.4, 0.5) is 13.2 Å². The van der Waals surface area contributed by atoms with Gasteiger partial charge in [0, 0.05) is 11.1 Å². The quantitative estimate of drug-likeness (QED) is 0.177. The highest BCUT2D eigenvalue weighted by Crippen LogP contribution is 2.39. The molecule has 10 N–H and O–H groups in total. The van der Waals surface area contributed by atoms with Crippen LogP contribution in [0.5, 0.6) is 0 Å². The monoisotopic (exact) mass is 415 g/mol. The van der Waals surface area contributed by atoms with E-state index in [1.165, 1.54) is 24.3 Å². The number of benzene rings is 2. The van der Waals surface area contributed by atoms with Gasteiger partial charge in [-0.3, -0.25) is 5.41 Å². The van der Waals surface area contributed by atoms with E-state index in [-0.39, 0.29) is 17.0 Å². The van der Waals surface area contributed by atoms with Gasteiger partial charge >= 0.3 is 6.18 Å². The molecule has 0 fully saturated rings. The largest absolute Gasteiger partial charge is 0.417 e. The van der Waals surface area contributed by atoms with Gasteiger partial charge in [-0.15, -0.1) is 5.10 Å². The van der Waals surface area contributed by atoms with Gasteiger partial charge < -0.3 is 11.5 Å². The van der Waals surface area contributed by atoms with Crippen LogP contribution in [0.15, 0.2) is 46.4 Å². The van der Waals surface area contributed by atoms with Crippen LogP contribution in [-0.2, 0) is 16.2 Å². The number of alkyl halides is 3. The minimum Gasteiger partial charge on any atom is -0.384 e. The highest BCUT2D eigenvalue weighted by molar-refractivity contribution is 7.89. The number of halogens is 3. The Morgan fingerprint density at radius 3 is 2.07 bits per heavy atom. The van der Waals surface area contributed by atoms with Crippen LogP contribution in [0.25, 0.3) is 11.1 Å². The minimum atomic E-state index is -5.02. The summed E-state index contributed by atoms with van der Waals surface area (Å²) in [7, 11) is -4.87. The fourth-order valence-corrected chi connectivity index (χ4v) is 3.54. The lowest BCUT2D eigenvalue weighted by Gasteiger charge is -2.19. The summed E-state index contributed by atoms with van der Waals surface area (Å²) in [6.07, 6.45) is -5.02. The third-order valence-electron chi connectivity index (χ3n) is 3.70. The molecule has 0 aliphatic heterocycles. The summed E-state index contributed by atoms with van der Waals surface area (Å²) in [6.45, 7) is 0. The first-order valence-electron chi connectivity index (χ1n) is 7.39. The maximum Gasteiger partial charge on any atom is 0.417 e. The first kappa shape index (κ1) is 21.1. The van der Waals surface area contributed by atoms with Gasteiger partial charge in [0.1, 0.15) is 10.7 Å². The molecule has 0 aliphatic rings. The number of hydrogen-bond acceptors (Lipinski definition) is 6. The zero-order valence-corrected chi connectivity index (χ0v) is 14.9. The van der Waals surface area contributed by atoms with Crippen molar-refractivity contribution in [3.8, 4) is 11.1 Å². The van der Waals surface area contributed by atoms with Crippen molar-refractivity contribution in [3.63, 3.8) is 0 Å². The molecule has 0 aromatic heterocycles. The van der Waals surface area contributed by atoms with E-state index in [0.717, 1.165) is 6.07 Å². The fourth-order valence-electron chi connectivity index (χ4n) is 2.55. The van der Waals surface area contributed by atoms with Crippen LogP contribution in [-0.4, -0.2) is 20.1 Å². The summed E-state index contributed by atoms with van der Waals surface area (Å²) < 4.78 is 64.3. The van der Waals surface area contributed by atoms with Crippen LogP contribution in [0, 0.1) is 5.41 Å². The Morgan fingerprint density at radius 1 is 1.07 bits per heavy atom. The molecule has 2 aromatic carbocycles. The molecule has 2 rings (SSSR count). The van der Waals surface area contributed by atoms with Gasteiger partial charge in [-0.1, -0.05) is 30.3 Å². The number of nitrogens with two attached hydrogens (primary N) is 4. The molecule has 0 bridgehead atoms. The van der Waals surface area contributed by atoms with E-state index >= 15 is 0 Å². The highest BCUT2D eigenvalue weighted by Gasteiger charge is 2.39. The Hall–Kier alpha value is -3.16. The van der Waals surface area contributed by atoms with Crippen molar-refractivity contribution in [2.75, 3.05) is 0 Å². The molecule has 9 nitrogen and oxygen atoms in total. The predicted molar refractivity (Wildman–Crippen MR) is 97.3 cm³/mol. The van der Waals surface area contributed by atoms with Crippen LogP contribution in [0.2, 0.25) is 0 Å². The third kappa shape index (κ3) is 4.21. The van der Waals surface area contributed by atoms with Crippen molar-refractivity contribution < 1.29 is 21.6 Å². The second-order valence-corrected chi connectivity index (χ2v) is 7.02. The molecule has 0 heterocycles. The van der Waals surface area contributed by atoms with Crippen molar-refractivity contribution in [1.82, 2.24) is 5.53 Å². The molecule has 28 heavy (non-hydrogen) atoms. The minimum absolute atomic E-state index is 0.00336. The average molecular weight is 415 g/mol. The van der Waals surface area contributed by atoms with E-state index in [9.17, 15) is 21.6 Å². The molecule has 150 valence electrons. The van der Waals surface area contributed by atoms with Crippen molar-refractivity contribution in [3.05, 3.63) is 53.1 Å². The number of rotatable bonds is 5. The first-order valence-corrected chi connectivity index (χ1v) is 8.93. The van der Waals surface area contributed by atoms with E-state index < -0.39 is 38.1 Å².